The lowest BCUT2D eigenvalue weighted by atomic mass is 10.1. The van der Waals surface area contributed by atoms with Crippen LogP contribution in [0.1, 0.15) is 45.7 Å². The second-order valence-electron chi connectivity index (χ2n) is 7.78. The van der Waals surface area contributed by atoms with Crippen LogP contribution in [0.2, 0.25) is 0 Å². The number of aryl methyl sites for hydroxylation is 1. The molecule has 5 heteroatoms. The summed E-state index contributed by atoms with van der Waals surface area (Å²) >= 11 is 0. The highest BCUT2D eigenvalue weighted by atomic mass is 16.1. The van der Waals surface area contributed by atoms with Gasteiger partial charge in [0.15, 0.2) is 0 Å². The molecule has 2 heterocycles. The third-order valence-electron chi connectivity index (χ3n) is 5.60. The molecule has 0 unspecified atom stereocenters. The number of benzene rings is 2. The lowest BCUT2D eigenvalue weighted by Gasteiger charge is -2.14. The highest BCUT2D eigenvalue weighted by molar-refractivity contribution is 5.96. The molecule has 2 aromatic carbocycles. The molecule has 1 aliphatic heterocycles. The normalized spacial score (nSPS) is 14.3. The molecule has 0 bridgehead atoms. The number of aromatic nitrogens is 2. The fourth-order valence-corrected chi connectivity index (χ4v) is 4.02. The number of rotatable bonds is 6. The highest BCUT2D eigenvalue weighted by Gasteiger charge is 2.19. The first kappa shape index (κ1) is 19.4. The molecule has 1 aliphatic rings. The van der Waals surface area contributed by atoms with Crippen molar-refractivity contribution in [2.45, 2.75) is 39.8 Å². The number of carbonyl (C=O) groups excluding carboxylic acids is 1. The standard InChI is InChI=1S/C24H28N4O/c1-18-23(19(2)28(26-18)22-8-4-3-5-9-22)24(29)25-16-20-10-12-21(13-11-20)17-27-14-6-7-15-27/h3-5,8-13H,6-7,14-17H2,1-2H3,(H,25,29). The maximum Gasteiger partial charge on any atom is 0.255 e. The van der Waals surface area contributed by atoms with Crippen molar-refractivity contribution in [1.82, 2.24) is 20.0 Å². The van der Waals surface area contributed by atoms with E-state index in [0.717, 1.165) is 29.2 Å². The SMILES string of the molecule is Cc1nn(-c2ccccc2)c(C)c1C(=O)NCc1ccc(CN2CCCC2)cc1. The van der Waals surface area contributed by atoms with Crippen molar-refractivity contribution in [1.29, 1.82) is 0 Å². The van der Waals surface area contributed by atoms with Crippen LogP contribution in [0.3, 0.4) is 0 Å². The molecule has 0 saturated carbocycles. The van der Waals surface area contributed by atoms with Crippen LogP contribution in [-0.2, 0) is 13.1 Å². The molecule has 0 atom stereocenters. The molecule has 4 rings (SSSR count). The molecular weight excluding hydrogens is 360 g/mol. The van der Waals surface area contributed by atoms with Crippen LogP contribution in [0.25, 0.3) is 5.69 Å². The van der Waals surface area contributed by atoms with E-state index < -0.39 is 0 Å². The van der Waals surface area contributed by atoms with Gasteiger partial charge in [-0.15, -0.1) is 0 Å². The van der Waals surface area contributed by atoms with Gasteiger partial charge in [-0.3, -0.25) is 9.69 Å². The van der Waals surface area contributed by atoms with Crippen LogP contribution in [0.15, 0.2) is 54.6 Å². The van der Waals surface area contributed by atoms with Gasteiger partial charge >= 0.3 is 0 Å². The second kappa shape index (κ2) is 8.62. The first-order valence-electron chi connectivity index (χ1n) is 10.3. The van der Waals surface area contributed by atoms with Crippen molar-refractivity contribution in [2.24, 2.45) is 0 Å². The van der Waals surface area contributed by atoms with E-state index in [2.05, 4.69) is 39.6 Å². The van der Waals surface area contributed by atoms with Gasteiger partial charge in [0.1, 0.15) is 0 Å². The van der Waals surface area contributed by atoms with Gasteiger partial charge in [0.25, 0.3) is 5.91 Å². The molecular formula is C24H28N4O. The number of likely N-dealkylation sites (tertiary alicyclic amines) is 1. The maximum absolute atomic E-state index is 12.8. The lowest BCUT2D eigenvalue weighted by molar-refractivity contribution is 0.0949. The zero-order chi connectivity index (χ0) is 20.2. The summed E-state index contributed by atoms with van der Waals surface area (Å²) in [7, 11) is 0. The quantitative estimate of drug-likeness (QED) is 0.694. The summed E-state index contributed by atoms with van der Waals surface area (Å²) in [6.45, 7) is 7.76. The topological polar surface area (TPSA) is 50.2 Å². The van der Waals surface area contributed by atoms with E-state index in [9.17, 15) is 4.79 Å². The van der Waals surface area contributed by atoms with Crippen molar-refractivity contribution in [3.05, 3.63) is 82.7 Å². The zero-order valence-corrected chi connectivity index (χ0v) is 17.2. The lowest BCUT2D eigenvalue weighted by Crippen LogP contribution is -2.24. The van der Waals surface area contributed by atoms with Crippen molar-refractivity contribution in [2.75, 3.05) is 13.1 Å². The van der Waals surface area contributed by atoms with Gasteiger partial charge in [0, 0.05) is 13.1 Å². The van der Waals surface area contributed by atoms with Crippen LogP contribution in [0, 0.1) is 13.8 Å². The number of hydrogen-bond acceptors (Lipinski definition) is 3. The van der Waals surface area contributed by atoms with E-state index in [4.69, 9.17) is 0 Å². The fraction of sp³-hybridized carbons (Fsp3) is 0.333. The van der Waals surface area contributed by atoms with Gasteiger partial charge in [-0.25, -0.2) is 4.68 Å². The molecule has 29 heavy (non-hydrogen) atoms. The summed E-state index contributed by atoms with van der Waals surface area (Å²) in [5.41, 5.74) is 5.64. The predicted octanol–water partition coefficient (Wildman–Crippen LogP) is 4.01. The Bertz CT molecular complexity index is 970. The van der Waals surface area contributed by atoms with E-state index in [1.807, 2.05) is 48.9 Å². The largest absolute Gasteiger partial charge is 0.348 e. The Morgan fingerprint density at radius 3 is 2.31 bits per heavy atom. The summed E-state index contributed by atoms with van der Waals surface area (Å²) in [5.74, 6) is -0.0803. The third kappa shape index (κ3) is 4.40. The predicted molar refractivity (Wildman–Crippen MR) is 115 cm³/mol. The van der Waals surface area contributed by atoms with Crippen molar-refractivity contribution in [3.8, 4) is 5.69 Å². The third-order valence-corrected chi connectivity index (χ3v) is 5.60. The maximum atomic E-state index is 12.8. The molecule has 0 radical (unpaired) electrons. The van der Waals surface area contributed by atoms with Gasteiger partial charge in [-0.2, -0.15) is 5.10 Å². The summed E-state index contributed by atoms with van der Waals surface area (Å²) in [6, 6.07) is 18.5. The minimum absolute atomic E-state index is 0.0803. The Morgan fingerprint density at radius 1 is 0.966 bits per heavy atom. The molecule has 0 aliphatic carbocycles. The molecule has 3 aromatic rings. The number of nitrogens with one attached hydrogen (secondary N) is 1. The average molecular weight is 389 g/mol. The average Bonchev–Trinajstić information content (AvgIpc) is 3.35. The zero-order valence-electron chi connectivity index (χ0n) is 17.2. The smallest absolute Gasteiger partial charge is 0.255 e. The van der Waals surface area contributed by atoms with Crippen LogP contribution >= 0.6 is 0 Å². The molecule has 1 N–H and O–H groups in total. The van der Waals surface area contributed by atoms with Gasteiger partial charge in [0.05, 0.1) is 22.6 Å². The number of amides is 1. The molecule has 150 valence electrons. The highest BCUT2D eigenvalue weighted by Crippen LogP contribution is 2.18. The molecule has 1 saturated heterocycles. The van der Waals surface area contributed by atoms with Gasteiger partial charge in [0.2, 0.25) is 0 Å². The number of carbonyl (C=O) groups is 1. The second-order valence-corrected chi connectivity index (χ2v) is 7.78. The van der Waals surface area contributed by atoms with Crippen molar-refractivity contribution >= 4 is 5.91 Å². The van der Waals surface area contributed by atoms with Gasteiger partial charge in [-0.1, -0.05) is 42.5 Å². The Morgan fingerprint density at radius 2 is 1.62 bits per heavy atom. The minimum atomic E-state index is -0.0803. The monoisotopic (exact) mass is 388 g/mol. The summed E-state index contributed by atoms with van der Waals surface area (Å²) in [6.07, 6.45) is 2.62. The summed E-state index contributed by atoms with van der Waals surface area (Å²) < 4.78 is 1.83. The van der Waals surface area contributed by atoms with E-state index in [1.54, 1.807) is 0 Å². The van der Waals surface area contributed by atoms with Crippen LogP contribution in [0.4, 0.5) is 0 Å². The van der Waals surface area contributed by atoms with E-state index >= 15 is 0 Å². The van der Waals surface area contributed by atoms with Crippen LogP contribution in [-0.4, -0.2) is 33.7 Å². The van der Waals surface area contributed by atoms with Gasteiger partial charge < -0.3 is 5.32 Å². The van der Waals surface area contributed by atoms with Gasteiger partial charge in [-0.05, 0) is 63.0 Å². The first-order valence-corrected chi connectivity index (χ1v) is 10.3. The molecule has 1 fully saturated rings. The summed E-state index contributed by atoms with van der Waals surface area (Å²) in [4.78, 5) is 15.3. The Balaban J connectivity index is 1.40. The Kier molecular flexibility index (Phi) is 5.76. The Labute approximate surface area is 172 Å². The molecule has 1 aromatic heterocycles. The van der Waals surface area contributed by atoms with Crippen LogP contribution in [0.5, 0.6) is 0 Å². The van der Waals surface area contributed by atoms with E-state index in [-0.39, 0.29) is 5.91 Å². The minimum Gasteiger partial charge on any atom is -0.348 e. The number of hydrogen-bond donors (Lipinski definition) is 1. The molecule has 5 nitrogen and oxygen atoms in total. The fourth-order valence-electron chi connectivity index (χ4n) is 4.02. The number of nitrogens with zero attached hydrogens (tertiary/aromatic N) is 3. The Hall–Kier alpha value is -2.92. The van der Waals surface area contributed by atoms with Crippen molar-refractivity contribution in [3.63, 3.8) is 0 Å². The molecule has 1 amide bonds. The van der Waals surface area contributed by atoms with Crippen LogP contribution < -0.4 is 5.32 Å². The first-order chi connectivity index (χ1) is 14.1. The number of para-hydroxylation sites is 1. The van der Waals surface area contributed by atoms with Crippen molar-refractivity contribution < 1.29 is 4.79 Å². The van der Waals surface area contributed by atoms with E-state index in [0.29, 0.717) is 12.1 Å². The molecule has 0 spiro atoms. The summed E-state index contributed by atoms with van der Waals surface area (Å²) in [5, 5.41) is 7.62. The van der Waals surface area contributed by atoms with E-state index in [1.165, 1.54) is 31.5 Å².